The lowest BCUT2D eigenvalue weighted by Crippen LogP contribution is -2.35. The molecule has 2 amide bonds. The largest absolute Gasteiger partial charge is 0.618 e. The minimum Gasteiger partial charge on any atom is -0.618 e. The second kappa shape index (κ2) is 12.1. The number of hydrogen-bond donors (Lipinski definition) is 2. The second-order valence-corrected chi connectivity index (χ2v) is 10.1. The number of fused-ring (bicyclic) bond motifs is 2. The van der Waals surface area contributed by atoms with Gasteiger partial charge in [0.15, 0.2) is 17.7 Å². The molecule has 2 aliphatic rings. The average molecular weight is 595 g/mol. The van der Waals surface area contributed by atoms with E-state index in [1.165, 1.54) is 31.5 Å². The Morgan fingerprint density at radius 3 is 2.79 bits per heavy atom. The van der Waals surface area contributed by atoms with E-state index < -0.39 is 35.1 Å². The van der Waals surface area contributed by atoms with Crippen molar-refractivity contribution in [2.24, 2.45) is 4.99 Å². The number of allylic oxidation sites excluding steroid dienone is 2. The Morgan fingerprint density at radius 1 is 1.21 bits per heavy atom. The van der Waals surface area contributed by atoms with E-state index in [0.29, 0.717) is 46.2 Å². The van der Waals surface area contributed by atoms with Gasteiger partial charge in [-0.25, -0.2) is 23.6 Å². The first-order valence-corrected chi connectivity index (χ1v) is 13.4. The summed E-state index contributed by atoms with van der Waals surface area (Å²) in [5.74, 6) is -2.69. The highest BCUT2D eigenvalue weighted by Gasteiger charge is 2.27. The van der Waals surface area contributed by atoms with Crippen molar-refractivity contribution in [2.75, 3.05) is 12.4 Å². The van der Waals surface area contributed by atoms with Crippen molar-refractivity contribution in [3.63, 3.8) is 0 Å². The predicted molar refractivity (Wildman–Crippen MR) is 149 cm³/mol. The summed E-state index contributed by atoms with van der Waals surface area (Å²) in [6, 6.07) is 9.78. The molecule has 1 atom stereocenters. The average Bonchev–Trinajstić information content (AvgIpc) is 2.96. The number of carbonyl (C=O) groups is 2. The van der Waals surface area contributed by atoms with Crippen LogP contribution in [0.5, 0.6) is 0 Å². The third-order valence-electron chi connectivity index (χ3n) is 7.08. The SMILES string of the molecule is COC(=O)Nc1cc/c2c(c1)=NC(=O)CCCCC(c1ccc(-c3c(F)ccc(Cl)c3F)c[n+]1[O-])C1=C\C=2N(O)C=C1. The maximum Gasteiger partial charge on any atom is 0.411 e. The predicted octanol–water partition coefficient (Wildman–Crippen LogP) is 4.85. The van der Waals surface area contributed by atoms with Crippen LogP contribution in [0.3, 0.4) is 0 Å². The molecule has 12 heteroatoms. The van der Waals surface area contributed by atoms with Gasteiger partial charge in [0.05, 0.1) is 40.2 Å². The minimum absolute atomic E-state index is 0.0267. The van der Waals surface area contributed by atoms with E-state index in [4.69, 9.17) is 11.6 Å². The van der Waals surface area contributed by atoms with Crippen molar-refractivity contribution in [1.82, 2.24) is 5.06 Å². The number of methoxy groups -OCH3 is 1. The molecule has 0 saturated carbocycles. The monoisotopic (exact) mass is 594 g/mol. The normalized spacial score (nSPS) is 18.2. The van der Waals surface area contributed by atoms with Crippen LogP contribution in [0.4, 0.5) is 19.3 Å². The molecule has 2 aromatic carbocycles. The number of carbonyl (C=O) groups excluding carboxylic acids is 2. The highest BCUT2D eigenvalue weighted by Crippen LogP contribution is 2.35. The third kappa shape index (κ3) is 5.88. The quantitative estimate of drug-likeness (QED) is 0.254. The number of aromatic nitrogens is 1. The molecule has 1 unspecified atom stereocenters. The Bertz CT molecular complexity index is 1780. The van der Waals surface area contributed by atoms with Crippen LogP contribution >= 0.6 is 11.6 Å². The van der Waals surface area contributed by atoms with Crippen LogP contribution in [0.1, 0.15) is 37.3 Å². The van der Waals surface area contributed by atoms with E-state index in [1.54, 1.807) is 24.3 Å². The number of halogens is 3. The molecule has 2 aliphatic heterocycles. The topological polar surface area (TPSA) is 118 Å². The molecule has 3 heterocycles. The van der Waals surface area contributed by atoms with E-state index >= 15 is 0 Å². The van der Waals surface area contributed by atoms with Gasteiger partial charge in [-0.05, 0) is 67.0 Å². The lowest BCUT2D eigenvalue weighted by Gasteiger charge is -2.24. The number of ether oxygens (including phenoxy) is 1. The smallest absolute Gasteiger partial charge is 0.411 e. The molecular weight excluding hydrogens is 570 g/mol. The van der Waals surface area contributed by atoms with Crippen molar-refractivity contribution in [1.29, 1.82) is 0 Å². The van der Waals surface area contributed by atoms with Crippen LogP contribution in [0.15, 0.2) is 77.6 Å². The van der Waals surface area contributed by atoms with Gasteiger partial charge in [-0.1, -0.05) is 18.0 Å². The summed E-state index contributed by atoms with van der Waals surface area (Å²) in [6.45, 7) is 0. The van der Waals surface area contributed by atoms with Gasteiger partial charge in [0.2, 0.25) is 5.91 Å². The van der Waals surface area contributed by atoms with Crippen molar-refractivity contribution in [2.45, 2.75) is 31.6 Å². The Hall–Kier alpha value is -4.61. The van der Waals surface area contributed by atoms with Gasteiger partial charge in [-0.2, -0.15) is 4.73 Å². The fraction of sp³-hybridized carbons (Fsp3) is 0.200. The van der Waals surface area contributed by atoms with Crippen LogP contribution in [0.25, 0.3) is 16.8 Å². The first-order valence-electron chi connectivity index (χ1n) is 13.0. The molecule has 2 N–H and O–H groups in total. The van der Waals surface area contributed by atoms with Crippen LogP contribution < -0.4 is 20.6 Å². The summed E-state index contributed by atoms with van der Waals surface area (Å²) in [5, 5.41) is 27.8. The summed E-state index contributed by atoms with van der Waals surface area (Å²) < 4.78 is 34.4. The van der Waals surface area contributed by atoms with E-state index in [9.17, 15) is 28.8 Å². The van der Waals surface area contributed by atoms with E-state index in [-0.39, 0.29) is 28.1 Å². The van der Waals surface area contributed by atoms with Crippen LogP contribution in [0.2, 0.25) is 5.02 Å². The lowest BCUT2D eigenvalue weighted by atomic mass is 9.87. The lowest BCUT2D eigenvalue weighted by molar-refractivity contribution is -0.614. The van der Waals surface area contributed by atoms with Crippen LogP contribution in [0, 0.1) is 16.8 Å². The molecular formula is C30H25ClF2N4O5. The van der Waals surface area contributed by atoms with E-state index in [0.717, 1.165) is 23.4 Å². The number of amides is 2. The molecule has 9 nitrogen and oxygen atoms in total. The number of anilines is 1. The van der Waals surface area contributed by atoms with Gasteiger partial charge in [0.25, 0.3) is 0 Å². The van der Waals surface area contributed by atoms with Crippen molar-refractivity contribution in [3.05, 3.63) is 111 Å². The Labute approximate surface area is 243 Å². The molecule has 5 rings (SSSR count). The summed E-state index contributed by atoms with van der Waals surface area (Å²) in [5.41, 5.74) is 1.24. The zero-order valence-corrected chi connectivity index (χ0v) is 23.1. The Kier molecular flexibility index (Phi) is 8.32. The van der Waals surface area contributed by atoms with Crippen molar-refractivity contribution in [3.8, 4) is 11.1 Å². The Morgan fingerprint density at radius 2 is 2.02 bits per heavy atom. The minimum atomic E-state index is -0.964. The van der Waals surface area contributed by atoms with Gasteiger partial charge in [-0.3, -0.25) is 15.3 Å². The van der Waals surface area contributed by atoms with Gasteiger partial charge in [0, 0.05) is 29.6 Å². The van der Waals surface area contributed by atoms with Crippen molar-refractivity contribution < 1.29 is 33.0 Å². The van der Waals surface area contributed by atoms with Gasteiger partial charge >= 0.3 is 6.09 Å². The fourth-order valence-corrected chi connectivity index (χ4v) is 5.17. The number of nitrogens with zero attached hydrogens (tertiary/aromatic N) is 3. The standard InChI is InChI=1S/C30H25ClF2N4O5/c1-42-30(39)34-19-7-8-21-24(15-19)35-27(38)5-3-2-4-20(17-12-13-36(40)26(21)14-17)25-11-6-18(16-37(25)41)28-23(32)10-9-22(31)29(28)33/h6-16,20,40H,2-5H2,1H3,(H,34,39)/b26-21+,35-24?. The summed E-state index contributed by atoms with van der Waals surface area (Å²) in [4.78, 5) is 28.7. The first-order chi connectivity index (χ1) is 20.2. The zero-order valence-electron chi connectivity index (χ0n) is 22.3. The zero-order chi connectivity index (χ0) is 30.0. The number of hydrogen-bond acceptors (Lipinski definition) is 6. The number of pyridine rings is 1. The summed E-state index contributed by atoms with van der Waals surface area (Å²) >= 11 is 5.85. The van der Waals surface area contributed by atoms with Gasteiger partial charge < -0.3 is 9.94 Å². The molecule has 0 saturated heterocycles. The fourth-order valence-electron chi connectivity index (χ4n) is 5.02. The van der Waals surface area contributed by atoms with Gasteiger partial charge in [-0.15, -0.1) is 0 Å². The van der Waals surface area contributed by atoms with Gasteiger partial charge in [0.1, 0.15) is 5.82 Å². The molecule has 0 radical (unpaired) electrons. The summed E-state index contributed by atoms with van der Waals surface area (Å²) in [6.07, 6.45) is 6.82. The van der Waals surface area contributed by atoms with E-state index in [1.807, 2.05) is 0 Å². The number of nitrogens with one attached hydrogen (secondary N) is 1. The molecule has 0 spiro atoms. The molecule has 1 aromatic heterocycles. The first kappa shape index (κ1) is 28.9. The molecule has 0 fully saturated rings. The highest BCUT2D eigenvalue weighted by molar-refractivity contribution is 6.31. The molecule has 216 valence electrons. The maximum atomic E-state index is 14.7. The Balaban J connectivity index is 1.64. The van der Waals surface area contributed by atoms with E-state index in [2.05, 4.69) is 15.0 Å². The number of rotatable bonds is 3. The third-order valence-corrected chi connectivity index (χ3v) is 7.37. The molecule has 2 bridgehead atoms. The highest BCUT2D eigenvalue weighted by atomic mass is 35.5. The molecule has 42 heavy (non-hydrogen) atoms. The maximum absolute atomic E-state index is 14.7. The number of benzene rings is 2. The second-order valence-electron chi connectivity index (χ2n) is 9.73. The van der Waals surface area contributed by atoms with Crippen LogP contribution in [-0.4, -0.2) is 29.4 Å². The van der Waals surface area contributed by atoms with Crippen LogP contribution in [-0.2, 0) is 9.53 Å². The summed E-state index contributed by atoms with van der Waals surface area (Å²) in [7, 11) is 1.22. The molecule has 3 aromatic rings. The number of hydroxylamine groups is 2. The van der Waals surface area contributed by atoms with Crippen molar-refractivity contribution >= 4 is 35.0 Å². The molecule has 0 aliphatic carbocycles.